The van der Waals surface area contributed by atoms with Crippen molar-refractivity contribution in [1.29, 1.82) is 0 Å². The molecule has 0 spiro atoms. The van der Waals surface area contributed by atoms with Gasteiger partial charge < -0.3 is 5.32 Å². The van der Waals surface area contributed by atoms with E-state index in [-0.39, 0.29) is 18.1 Å². The molecular weight excluding hydrogens is 294 g/mol. The Morgan fingerprint density at radius 2 is 1.94 bits per heavy atom. The summed E-state index contributed by atoms with van der Waals surface area (Å²) in [5, 5.41) is 3.51. The van der Waals surface area contributed by atoms with Gasteiger partial charge in [0.05, 0.1) is 6.42 Å². The van der Waals surface area contributed by atoms with Crippen molar-refractivity contribution in [3.8, 4) is 11.8 Å². The lowest BCUT2D eigenvalue weighted by atomic mass is 10.2. The fourth-order valence-electron chi connectivity index (χ4n) is 1.28. The highest BCUT2D eigenvalue weighted by Gasteiger charge is 2.04. The Hall–Kier alpha value is -1.60. The predicted molar refractivity (Wildman–Crippen MR) is 75.7 cm³/mol. The van der Waals surface area contributed by atoms with Crippen LogP contribution in [0, 0.1) is 11.8 Å². The standard InChI is InChI=1S/C14H14BrNO2/c1-11(17)10-14(18)16-13-7-5-12(6-8-13)4-2-3-9-15/h5-8H,3,9-10H2,1H3,(H,16,18). The van der Waals surface area contributed by atoms with Crippen LogP contribution < -0.4 is 5.32 Å². The van der Waals surface area contributed by atoms with Gasteiger partial charge in [0, 0.05) is 23.0 Å². The van der Waals surface area contributed by atoms with Crippen LogP contribution in [-0.2, 0) is 9.59 Å². The Bertz CT molecular complexity index is 483. The second-order valence-electron chi connectivity index (χ2n) is 3.75. The molecule has 0 radical (unpaired) electrons. The maximum absolute atomic E-state index is 11.4. The van der Waals surface area contributed by atoms with Gasteiger partial charge in [-0.05, 0) is 31.2 Å². The monoisotopic (exact) mass is 307 g/mol. The van der Waals surface area contributed by atoms with Crippen LogP contribution in [-0.4, -0.2) is 17.0 Å². The maximum Gasteiger partial charge on any atom is 0.231 e. The molecule has 0 aliphatic carbocycles. The number of amides is 1. The van der Waals surface area contributed by atoms with E-state index in [0.29, 0.717) is 5.69 Å². The van der Waals surface area contributed by atoms with Crippen LogP contribution >= 0.6 is 15.9 Å². The summed E-state index contributed by atoms with van der Waals surface area (Å²) in [5.41, 5.74) is 1.58. The van der Waals surface area contributed by atoms with Gasteiger partial charge in [0.15, 0.2) is 0 Å². The van der Waals surface area contributed by atoms with E-state index in [1.165, 1.54) is 6.92 Å². The number of anilines is 1. The number of Topliss-reactive ketones (excluding diaryl/α,β-unsaturated/α-hetero) is 1. The molecule has 94 valence electrons. The van der Waals surface area contributed by atoms with Gasteiger partial charge >= 0.3 is 0 Å². The number of benzene rings is 1. The minimum absolute atomic E-state index is 0.0905. The summed E-state index contributed by atoms with van der Waals surface area (Å²) in [6.45, 7) is 1.39. The normalized spacial score (nSPS) is 9.22. The van der Waals surface area contributed by atoms with E-state index in [9.17, 15) is 9.59 Å². The van der Waals surface area contributed by atoms with Crippen molar-refractivity contribution in [3.63, 3.8) is 0 Å². The Morgan fingerprint density at radius 3 is 2.50 bits per heavy atom. The fraction of sp³-hybridized carbons (Fsp3) is 0.286. The van der Waals surface area contributed by atoms with E-state index in [0.717, 1.165) is 17.3 Å². The minimum atomic E-state index is -0.291. The van der Waals surface area contributed by atoms with E-state index < -0.39 is 0 Å². The van der Waals surface area contributed by atoms with Crippen molar-refractivity contribution in [2.75, 3.05) is 10.6 Å². The molecule has 0 fully saturated rings. The number of hydrogen-bond acceptors (Lipinski definition) is 2. The van der Waals surface area contributed by atoms with Gasteiger partial charge in [-0.3, -0.25) is 9.59 Å². The second-order valence-corrected chi connectivity index (χ2v) is 4.54. The molecule has 1 amide bonds. The number of ketones is 1. The molecule has 4 heteroatoms. The summed E-state index contributed by atoms with van der Waals surface area (Å²) in [6.07, 6.45) is 0.712. The molecule has 3 nitrogen and oxygen atoms in total. The molecule has 18 heavy (non-hydrogen) atoms. The lowest BCUT2D eigenvalue weighted by molar-refractivity contribution is -0.124. The van der Waals surface area contributed by atoms with Crippen LogP contribution in [0.5, 0.6) is 0 Å². The van der Waals surface area contributed by atoms with Gasteiger partial charge in [0.2, 0.25) is 5.91 Å². The van der Waals surface area contributed by atoms with Crippen LogP contribution in [0.1, 0.15) is 25.3 Å². The molecule has 1 aromatic rings. The Balaban J connectivity index is 2.58. The molecular formula is C14H14BrNO2. The zero-order chi connectivity index (χ0) is 13.4. The number of carbonyl (C=O) groups is 2. The van der Waals surface area contributed by atoms with Crippen molar-refractivity contribution in [2.45, 2.75) is 19.8 Å². The van der Waals surface area contributed by atoms with Gasteiger partial charge in [-0.15, -0.1) is 0 Å². The second kappa shape index (κ2) is 7.67. The van der Waals surface area contributed by atoms with E-state index in [4.69, 9.17) is 0 Å². The fourth-order valence-corrected chi connectivity index (χ4v) is 1.48. The largest absolute Gasteiger partial charge is 0.326 e. The highest BCUT2D eigenvalue weighted by molar-refractivity contribution is 9.09. The van der Waals surface area contributed by atoms with Crippen LogP contribution in [0.3, 0.4) is 0 Å². The van der Waals surface area contributed by atoms with Crippen LogP contribution in [0.2, 0.25) is 0 Å². The summed E-state index contributed by atoms with van der Waals surface area (Å²) in [7, 11) is 0. The third-order valence-corrected chi connectivity index (χ3v) is 2.43. The number of rotatable bonds is 4. The number of carbonyl (C=O) groups excluding carboxylic acids is 2. The maximum atomic E-state index is 11.4. The Morgan fingerprint density at radius 1 is 1.28 bits per heavy atom. The quantitative estimate of drug-likeness (QED) is 0.528. The predicted octanol–water partition coefficient (Wildman–Crippen LogP) is 2.74. The first kappa shape index (κ1) is 14.5. The smallest absolute Gasteiger partial charge is 0.231 e. The molecule has 0 saturated carbocycles. The van der Waals surface area contributed by atoms with Gasteiger partial charge in [-0.25, -0.2) is 0 Å². The van der Waals surface area contributed by atoms with Crippen molar-refractivity contribution < 1.29 is 9.59 Å². The first-order valence-corrected chi connectivity index (χ1v) is 6.68. The lowest BCUT2D eigenvalue weighted by Crippen LogP contribution is -2.14. The highest BCUT2D eigenvalue weighted by Crippen LogP contribution is 2.09. The molecule has 1 N–H and O–H groups in total. The zero-order valence-electron chi connectivity index (χ0n) is 10.1. The van der Waals surface area contributed by atoms with Crippen LogP contribution in [0.25, 0.3) is 0 Å². The SMILES string of the molecule is CC(=O)CC(=O)Nc1ccc(C#CCCBr)cc1. The van der Waals surface area contributed by atoms with Gasteiger partial charge in [-0.1, -0.05) is 27.8 Å². The molecule has 1 rings (SSSR count). The van der Waals surface area contributed by atoms with E-state index in [1.807, 2.05) is 12.1 Å². The number of halogens is 1. The average Bonchev–Trinajstić information content (AvgIpc) is 2.30. The van der Waals surface area contributed by atoms with Crippen LogP contribution in [0.4, 0.5) is 5.69 Å². The summed E-state index contributed by atoms with van der Waals surface area (Å²) in [6, 6.07) is 7.22. The molecule has 0 saturated heterocycles. The summed E-state index contributed by atoms with van der Waals surface area (Å²) in [5.74, 6) is 5.58. The van der Waals surface area contributed by atoms with Gasteiger partial charge in [-0.2, -0.15) is 0 Å². The topological polar surface area (TPSA) is 46.2 Å². The highest BCUT2D eigenvalue weighted by atomic mass is 79.9. The van der Waals surface area contributed by atoms with Crippen LogP contribution in [0.15, 0.2) is 24.3 Å². The Kier molecular flexibility index (Phi) is 6.16. The molecule has 0 heterocycles. The van der Waals surface area contributed by atoms with E-state index >= 15 is 0 Å². The first-order chi connectivity index (χ1) is 8.61. The van der Waals surface area contributed by atoms with Crippen molar-refractivity contribution in [1.82, 2.24) is 0 Å². The van der Waals surface area contributed by atoms with Crippen molar-refractivity contribution in [3.05, 3.63) is 29.8 Å². The number of alkyl halides is 1. The Labute approximate surface area is 115 Å². The lowest BCUT2D eigenvalue weighted by Gasteiger charge is -2.03. The molecule has 0 unspecified atom stereocenters. The summed E-state index contributed by atoms with van der Waals surface area (Å²) in [4.78, 5) is 22.1. The molecule has 0 aromatic heterocycles. The summed E-state index contributed by atoms with van der Waals surface area (Å²) < 4.78 is 0. The average molecular weight is 308 g/mol. The van der Waals surface area contributed by atoms with Gasteiger partial charge in [0.25, 0.3) is 0 Å². The molecule has 0 atom stereocenters. The summed E-state index contributed by atoms with van der Waals surface area (Å²) >= 11 is 3.30. The van der Waals surface area contributed by atoms with Crippen molar-refractivity contribution >= 4 is 33.3 Å². The minimum Gasteiger partial charge on any atom is -0.326 e. The number of hydrogen-bond donors (Lipinski definition) is 1. The van der Waals surface area contributed by atoms with E-state index in [1.54, 1.807) is 12.1 Å². The zero-order valence-corrected chi connectivity index (χ0v) is 11.7. The van der Waals surface area contributed by atoms with Gasteiger partial charge in [0.1, 0.15) is 5.78 Å². The molecule has 1 aromatic carbocycles. The molecule has 0 aliphatic rings. The molecule has 0 bridgehead atoms. The van der Waals surface area contributed by atoms with E-state index in [2.05, 4.69) is 33.1 Å². The third-order valence-electron chi connectivity index (χ3n) is 2.03. The number of nitrogens with one attached hydrogen (secondary N) is 1. The molecule has 0 aliphatic heterocycles. The van der Waals surface area contributed by atoms with Crippen molar-refractivity contribution in [2.24, 2.45) is 0 Å². The first-order valence-electron chi connectivity index (χ1n) is 5.56. The third kappa shape index (κ3) is 5.65.